The van der Waals surface area contributed by atoms with E-state index in [2.05, 4.69) is 43.0 Å². The number of carbonyl (C=O) groups excluding carboxylic acids is 1. The zero-order valence-electron chi connectivity index (χ0n) is 16.3. The first-order valence-corrected chi connectivity index (χ1v) is 9.49. The predicted octanol–water partition coefficient (Wildman–Crippen LogP) is 3.26. The van der Waals surface area contributed by atoms with Crippen LogP contribution in [0.1, 0.15) is 41.3 Å². The van der Waals surface area contributed by atoms with Crippen LogP contribution < -0.4 is 5.73 Å². The van der Waals surface area contributed by atoms with Crippen LogP contribution in [0.3, 0.4) is 0 Å². The van der Waals surface area contributed by atoms with E-state index in [-0.39, 0.29) is 17.3 Å². The van der Waals surface area contributed by atoms with E-state index in [0.717, 1.165) is 19.6 Å². The van der Waals surface area contributed by atoms with Gasteiger partial charge in [0.05, 0.1) is 4.92 Å². The molecular weight excluding hydrogens is 356 g/mol. The molecule has 0 unspecified atom stereocenters. The molecule has 1 amide bonds. The number of rotatable bonds is 5. The molecule has 0 bridgehead atoms. The van der Waals surface area contributed by atoms with Crippen molar-refractivity contribution in [1.82, 2.24) is 9.80 Å². The van der Waals surface area contributed by atoms with Crippen molar-refractivity contribution in [1.29, 1.82) is 0 Å². The molecule has 2 aromatic rings. The molecule has 1 fully saturated rings. The van der Waals surface area contributed by atoms with Gasteiger partial charge in [-0.25, -0.2) is 0 Å². The van der Waals surface area contributed by atoms with Crippen LogP contribution in [0.4, 0.5) is 11.4 Å². The number of hydrogen-bond donors (Lipinski definition) is 1. The third-order valence-corrected chi connectivity index (χ3v) is 5.19. The molecule has 2 N–H and O–H groups in total. The number of carbonyl (C=O) groups is 1. The van der Waals surface area contributed by atoms with Crippen LogP contribution in [-0.4, -0.2) is 46.8 Å². The highest BCUT2D eigenvalue weighted by molar-refractivity contribution is 5.95. The molecule has 1 saturated heterocycles. The number of nitrogen functional groups attached to an aromatic ring is 1. The van der Waals surface area contributed by atoms with E-state index in [9.17, 15) is 14.9 Å². The van der Waals surface area contributed by atoms with Gasteiger partial charge in [0.1, 0.15) is 5.69 Å². The van der Waals surface area contributed by atoms with Crippen molar-refractivity contribution in [3.05, 3.63) is 69.3 Å². The number of nitro benzene ring substituents is 1. The summed E-state index contributed by atoms with van der Waals surface area (Å²) in [6.45, 7) is 7.96. The van der Waals surface area contributed by atoms with E-state index in [0.29, 0.717) is 24.6 Å². The molecule has 3 rings (SSSR count). The molecule has 1 heterocycles. The number of amides is 1. The third kappa shape index (κ3) is 4.48. The molecule has 28 heavy (non-hydrogen) atoms. The van der Waals surface area contributed by atoms with Crippen LogP contribution in [0.15, 0.2) is 42.5 Å². The summed E-state index contributed by atoms with van der Waals surface area (Å²) in [5.41, 5.74) is 8.35. The second-order valence-electron chi connectivity index (χ2n) is 7.50. The predicted molar refractivity (Wildman–Crippen MR) is 109 cm³/mol. The van der Waals surface area contributed by atoms with Gasteiger partial charge in [-0.05, 0) is 29.2 Å². The van der Waals surface area contributed by atoms with Gasteiger partial charge in [0.25, 0.3) is 11.6 Å². The van der Waals surface area contributed by atoms with Gasteiger partial charge in [-0.1, -0.05) is 38.1 Å². The molecule has 1 aliphatic rings. The van der Waals surface area contributed by atoms with Crippen molar-refractivity contribution in [2.24, 2.45) is 0 Å². The second kappa shape index (κ2) is 8.39. The largest absolute Gasteiger partial charge is 0.393 e. The maximum atomic E-state index is 12.7. The van der Waals surface area contributed by atoms with E-state index >= 15 is 0 Å². The summed E-state index contributed by atoms with van der Waals surface area (Å²) in [5, 5.41) is 11.0. The fourth-order valence-electron chi connectivity index (χ4n) is 3.39. The summed E-state index contributed by atoms with van der Waals surface area (Å²) in [4.78, 5) is 27.2. The van der Waals surface area contributed by atoms with Gasteiger partial charge in [0.15, 0.2) is 0 Å². The molecule has 2 aromatic carbocycles. The Hall–Kier alpha value is -2.93. The summed E-state index contributed by atoms with van der Waals surface area (Å²) >= 11 is 0. The van der Waals surface area contributed by atoms with Crippen LogP contribution in [0.25, 0.3) is 0 Å². The Morgan fingerprint density at radius 2 is 1.75 bits per heavy atom. The number of piperazine rings is 1. The maximum Gasteiger partial charge on any atom is 0.292 e. The molecule has 0 saturated carbocycles. The first-order chi connectivity index (χ1) is 13.3. The Bertz CT molecular complexity index is 856. The SMILES string of the molecule is CC(C)c1ccc(CN2CCN(C(=O)c3ccc(N)c([N+](=O)[O-])c3)CC2)cc1. The fraction of sp³-hybridized carbons (Fsp3) is 0.381. The lowest BCUT2D eigenvalue weighted by Gasteiger charge is -2.34. The van der Waals surface area contributed by atoms with Crippen molar-refractivity contribution >= 4 is 17.3 Å². The fourth-order valence-corrected chi connectivity index (χ4v) is 3.39. The van der Waals surface area contributed by atoms with E-state index < -0.39 is 4.92 Å². The Morgan fingerprint density at radius 3 is 2.32 bits per heavy atom. The van der Waals surface area contributed by atoms with Gasteiger partial charge in [0.2, 0.25) is 0 Å². The smallest absolute Gasteiger partial charge is 0.292 e. The van der Waals surface area contributed by atoms with Crippen molar-refractivity contribution in [3.8, 4) is 0 Å². The molecule has 0 spiro atoms. The summed E-state index contributed by atoms with van der Waals surface area (Å²) in [6.07, 6.45) is 0. The molecule has 148 valence electrons. The van der Waals surface area contributed by atoms with E-state index in [1.807, 2.05) is 0 Å². The second-order valence-corrected chi connectivity index (χ2v) is 7.50. The maximum absolute atomic E-state index is 12.7. The van der Waals surface area contributed by atoms with Crippen LogP contribution in [0, 0.1) is 10.1 Å². The number of nitrogens with two attached hydrogens (primary N) is 1. The number of benzene rings is 2. The van der Waals surface area contributed by atoms with Crippen LogP contribution in [-0.2, 0) is 6.54 Å². The minimum atomic E-state index is -0.561. The van der Waals surface area contributed by atoms with Gasteiger partial charge in [-0.15, -0.1) is 0 Å². The van der Waals surface area contributed by atoms with Crippen molar-refractivity contribution in [2.45, 2.75) is 26.3 Å². The molecule has 0 aliphatic carbocycles. The topological polar surface area (TPSA) is 92.7 Å². The quantitative estimate of drug-likeness (QED) is 0.487. The molecule has 0 radical (unpaired) electrons. The van der Waals surface area contributed by atoms with Gasteiger partial charge < -0.3 is 10.6 Å². The van der Waals surface area contributed by atoms with Gasteiger partial charge >= 0.3 is 0 Å². The van der Waals surface area contributed by atoms with Crippen LogP contribution in [0.5, 0.6) is 0 Å². The van der Waals surface area contributed by atoms with E-state index in [4.69, 9.17) is 5.73 Å². The van der Waals surface area contributed by atoms with Crippen molar-refractivity contribution in [3.63, 3.8) is 0 Å². The van der Waals surface area contributed by atoms with Crippen LogP contribution >= 0.6 is 0 Å². The zero-order chi connectivity index (χ0) is 20.3. The summed E-state index contributed by atoms with van der Waals surface area (Å²) in [7, 11) is 0. The van der Waals surface area contributed by atoms with Crippen molar-refractivity contribution in [2.75, 3.05) is 31.9 Å². The molecule has 7 heteroatoms. The Labute approximate surface area is 164 Å². The molecule has 7 nitrogen and oxygen atoms in total. The minimum absolute atomic E-state index is 0.0647. The monoisotopic (exact) mass is 382 g/mol. The Kier molecular flexibility index (Phi) is 5.94. The summed E-state index contributed by atoms with van der Waals surface area (Å²) in [6, 6.07) is 12.9. The highest BCUT2D eigenvalue weighted by Gasteiger charge is 2.24. The zero-order valence-corrected chi connectivity index (χ0v) is 16.3. The minimum Gasteiger partial charge on any atom is -0.393 e. The van der Waals surface area contributed by atoms with Gasteiger partial charge in [-0.3, -0.25) is 19.8 Å². The average Bonchev–Trinajstić information content (AvgIpc) is 2.68. The van der Waals surface area contributed by atoms with E-state index in [1.54, 1.807) is 11.0 Å². The Balaban J connectivity index is 1.58. The first-order valence-electron chi connectivity index (χ1n) is 9.49. The highest BCUT2D eigenvalue weighted by atomic mass is 16.6. The normalized spacial score (nSPS) is 15.0. The molecule has 0 atom stereocenters. The van der Waals surface area contributed by atoms with Gasteiger partial charge in [-0.2, -0.15) is 0 Å². The molecular formula is C21H26N4O3. The number of hydrogen-bond acceptors (Lipinski definition) is 5. The Morgan fingerprint density at radius 1 is 1.11 bits per heavy atom. The molecule has 1 aliphatic heterocycles. The lowest BCUT2D eigenvalue weighted by molar-refractivity contribution is -0.383. The average molecular weight is 382 g/mol. The summed E-state index contributed by atoms with van der Waals surface area (Å²) in [5.74, 6) is 0.330. The standard InChI is InChI=1S/C21H26N4O3/c1-15(2)17-5-3-16(4-6-17)14-23-9-11-24(12-10-23)21(26)18-7-8-19(22)20(13-18)25(27)28/h3-8,13,15H,9-12,14,22H2,1-2H3. The van der Waals surface area contributed by atoms with Crippen molar-refractivity contribution < 1.29 is 9.72 Å². The molecule has 0 aromatic heterocycles. The van der Waals surface area contributed by atoms with E-state index in [1.165, 1.54) is 23.3 Å². The van der Waals surface area contributed by atoms with Gasteiger partial charge in [0, 0.05) is 44.4 Å². The first kappa shape index (κ1) is 19.8. The lowest BCUT2D eigenvalue weighted by atomic mass is 10.0. The third-order valence-electron chi connectivity index (χ3n) is 5.19. The number of anilines is 1. The number of nitro groups is 1. The van der Waals surface area contributed by atoms with Crippen LogP contribution in [0.2, 0.25) is 0 Å². The highest BCUT2D eigenvalue weighted by Crippen LogP contribution is 2.23. The lowest BCUT2D eigenvalue weighted by Crippen LogP contribution is -2.48. The number of nitrogens with zero attached hydrogens (tertiary/aromatic N) is 3. The summed E-state index contributed by atoms with van der Waals surface area (Å²) < 4.78 is 0.